The lowest BCUT2D eigenvalue weighted by Crippen LogP contribution is -1.95. The molecule has 0 amide bonds. The summed E-state index contributed by atoms with van der Waals surface area (Å²) in [7, 11) is 0. The van der Waals surface area contributed by atoms with E-state index in [0.29, 0.717) is 6.61 Å². The SMILES string of the molecule is CCCCCCC.CCCCCCC.CCCCCCC.CCCCCCC.CCCCCCC.CCCCCCC.CCCCCCC.CCCCCCC.CCCCCCC.CCCCCCC.CCCCCCC.CCCCCCC.CCOC(C)=O. The Morgan fingerprint density at radius 2 is 0.211 bits per heavy atom. The topological polar surface area (TPSA) is 26.3 Å². The van der Waals surface area contributed by atoms with Gasteiger partial charge in [-0.1, -0.05) is 551 Å². The zero-order chi connectivity index (χ0) is 71.4. The minimum Gasteiger partial charge on any atom is -0.466 e. The molecule has 0 saturated heterocycles. The lowest BCUT2D eigenvalue weighted by atomic mass is 10.2. The highest BCUT2D eigenvalue weighted by molar-refractivity contribution is 5.65. The van der Waals surface area contributed by atoms with Crippen LogP contribution >= 0.6 is 0 Å². The number of unbranched alkanes of at least 4 members (excludes halogenated alkanes) is 48. The normalized spacial score (nSPS) is 9.31. The summed E-state index contributed by atoms with van der Waals surface area (Å²) in [6, 6.07) is 0. The van der Waals surface area contributed by atoms with Crippen molar-refractivity contribution >= 4 is 5.97 Å². The second-order valence-electron chi connectivity index (χ2n) is 25.7. The van der Waals surface area contributed by atoms with Gasteiger partial charge in [0.2, 0.25) is 0 Å². The number of hydrogen-bond donors (Lipinski definition) is 0. The van der Waals surface area contributed by atoms with E-state index in [1.54, 1.807) is 6.92 Å². The van der Waals surface area contributed by atoms with Crippen LogP contribution in [0.5, 0.6) is 0 Å². The third-order valence-electron chi connectivity index (χ3n) is 14.8. The molecule has 0 unspecified atom stereocenters. The quantitative estimate of drug-likeness (QED) is 0.0448. The zero-order valence-corrected chi connectivity index (χ0v) is 70.5. The number of ether oxygens (including phenoxy) is 1. The summed E-state index contributed by atoms with van der Waals surface area (Å²) in [4.78, 5) is 9.82. The number of esters is 1. The van der Waals surface area contributed by atoms with Crippen LogP contribution in [0.2, 0.25) is 0 Å². The number of carbonyl (C=O) groups is 1. The fourth-order valence-electron chi connectivity index (χ4n) is 8.32. The fraction of sp³-hybridized carbons (Fsp3) is 0.989. The van der Waals surface area contributed by atoms with Crippen molar-refractivity contribution in [3.63, 3.8) is 0 Å². The van der Waals surface area contributed by atoms with Crippen LogP contribution in [0.25, 0.3) is 0 Å². The van der Waals surface area contributed by atoms with Crippen LogP contribution in [0.4, 0.5) is 0 Å². The van der Waals surface area contributed by atoms with Crippen molar-refractivity contribution in [2.24, 2.45) is 0 Å². The van der Waals surface area contributed by atoms with Crippen molar-refractivity contribution in [3.05, 3.63) is 0 Å². The van der Waals surface area contributed by atoms with Crippen molar-refractivity contribution in [3.8, 4) is 0 Å². The molecule has 0 aliphatic carbocycles. The van der Waals surface area contributed by atoms with Crippen LogP contribution in [-0.4, -0.2) is 12.6 Å². The predicted octanol–water partition coefficient (Wildman–Crippen LogP) is 36.3. The molecule has 0 fully saturated rings. The second kappa shape index (κ2) is 163. The Kier molecular flexibility index (Phi) is 217. The van der Waals surface area contributed by atoms with Crippen molar-refractivity contribution < 1.29 is 9.53 Å². The summed E-state index contributed by atoms with van der Waals surface area (Å²) < 4.78 is 4.40. The lowest BCUT2D eigenvalue weighted by molar-refractivity contribution is -0.140. The standard InChI is InChI=1S/12C7H16.C4H8O2/c12*1-3-5-7-6-4-2;1-3-6-4(2)5/h12*3-7H2,1-2H3;3H2,1-2H3. The zero-order valence-electron chi connectivity index (χ0n) is 70.5. The van der Waals surface area contributed by atoms with Crippen LogP contribution in [0.3, 0.4) is 0 Å². The van der Waals surface area contributed by atoms with Crippen LogP contribution in [0.15, 0.2) is 0 Å². The highest BCUT2D eigenvalue weighted by Gasteiger charge is 1.87. The summed E-state index contributed by atoms with van der Waals surface area (Å²) in [5.74, 6) is -0.211. The molecule has 0 aliphatic heterocycles. The minimum atomic E-state index is -0.211. The van der Waals surface area contributed by atoms with Crippen molar-refractivity contribution in [2.45, 2.75) is 565 Å². The smallest absolute Gasteiger partial charge is 0.302 e. The fourth-order valence-corrected chi connectivity index (χ4v) is 8.32. The lowest BCUT2D eigenvalue weighted by Gasteiger charge is -1.90. The highest BCUT2D eigenvalue weighted by Crippen LogP contribution is 2.07. The molecular weight excluding hydrogens is 1090 g/mol. The van der Waals surface area contributed by atoms with Crippen molar-refractivity contribution in [1.29, 1.82) is 0 Å². The van der Waals surface area contributed by atoms with Crippen molar-refractivity contribution in [1.82, 2.24) is 0 Å². The molecule has 0 radical (unpaired) electrons. The second-order valence-corrected chi connectivity index (χ2v) is 25.7. The first kappa shape index (κ1) is 120. The number of hydrogen-bond acceptors (Lipinski definition) is 2. The number of rotatable bonds is 49. The molecule has 90 heavy (non-hydrogen) atoms. The molecule has 0 spiro atoms. The van der Waals surface area contributed by atoms with Crippen molar-refractivity contribution in [2.75, 3.05) is 6.61 Å². The van der Waals surface area contributed by atoms with Gasteiger partial charge >= 0.3 is 5.97 Å². The van der Waals surface area contributed by atoms with Gasteiger partial charge in [0.1, 0.15) is 0 Å². The van der Waals surface area contributed by atoms with E-state index in [1.807, 2.05) is 0 Å². The molecule has 0 aromatic heterocycles. The predicted molar refractivity (Wildman–Crippen MR) is 436 cm³/mol. The van der Waals surface area contributed by atoms with E-state index < -0.39 is 0 Å². The van der Waals surface area contributed by atoms with Crippen LogP contribution in [0.1, 0.15) is 565 Å². The molecule has 0 saturated carbocycles. The molecule has 0 heterocycles. The van der Waals surface area contributed by atoms with Gasteiger partial charge in [0.05, 0.1) is 6.61 Å². The van der Waals surface area contributed by atoms with E-state index in [-0.39, 0.29) is 5.97 Å². The van der Waals surface area contributed by atoms with Crippen LogP contribution in [-0.2, 0) is 9.53 Å². The maximum Gasteiger partial charge on any atom is 0.302 e. The summed E-state index contributed by atoms with van der Waals surface area (Å²) in [5, 5.41) is 0. The van der Waals surface area contributed by atoms with Gasteiger partial charge in [-0.05, 0) is 6.92 Å². The summed E-state index contributed by atoms with van der Waals surface area (Å²) in [5.41, 5.74) is 0. The molecule has 0 aliphatic rings. The monoisotopic (exact) mass is 1290 g/mol. The molecule has 2 nitrogen and oxygen atoms in total. The van der Waals surface area contributed by atoms with Gasteiger partial charge in [-0.3, -0.25) is 4.79 Å². The number of carbonyl (C=O) groups excluding carboxylic acids is 1. The first-order valence-electron chi connectivity index (χ1n) is 42.9. The van der Waals surface area contributed by atoms with E-state index in [4.69, 9.17) is 0 Å². The highest BCUT2D eigenvalue weighted by atomic mass is 16.5. The Balaban J connectivity index is -0.0000000649. The average Bonchev–Trinajstić information content (AvgIpc) is 3.54. The molecule has 564 valence electrons. The van der Waals surface area contributed by atoms with Gasteiger partial charge < -0.3 is 4.74 Å². The van der Waals surface area contributed by atoms with E-state index in [9.17, 15) is 4.79 Å². The Labute approximate surface area is 584 Å². The third-order valence-corrected chi connectivity index (χ3v) is 14.8. The molecule has 0 aromatic carbocycles. The summed E-state index contributed by atoms with van der Waals surface area (Å²) in [6.07, 6.45) is 84.1. The van der Waals surface area contributed by atoms with Crippen LogP contribution in [0, 0.1) is 0 Å². The van der Waals surface area contributed by atoms with E-state index in [2.05, 4.69) is 171 Å². The van der Waals surface area contributed by atoms with Gasteiger partial charge in [0.15, 0.2) is 0 Å². The molecule has 0 aromatic rings. The summed E-state index contributed by atoms with van der Waals surface area (Å²) >= 11 is 0. The maximum absolute atomic E-state index is 9.82. The Bertz CT molecular complexity index is 575. The van der Waals surface area contributed by atoms with E-state index >= 15 is 0 Å². The Hall–Kier alpha value is -0.530. The van der Waals surface area contributed by atoms with Crippen LogP contribution < -0.4 is 0 Å². The molecular formula is C88H200O2. The minimum absolute atomic E-state index is 0.211. The molecule has 0 atom stereocenters. The first-order chi connectivity index (χ1) is 43.7. The van der Waals surface area contributed by atoms with Gasteiger partial charge in [0.25, 0.3) is 0 Å². The first-order valence-corrected chi connectivity index (χ1v) is 42.9. The van der Waals surface area contributed by atoms with Gasteiger partial charge in [-0.15, -0.1) is 0 Å². The Morgan fingerprint density at radius 1 is 0.144 bits per heavy atom. The maximum atomic E-state index is 9.82. The molecule has 2 heteroatoms. The average molecular weight is 1290 g/mol. The van der Waals surface area contributed by atoms with E-state index in [0.717, 1.165) is 0 Å². The summed E-state index contributed by atoms with van der Waals surface area (Å²) in [6.45, 7) is 57.5. The molecule has 0 N–H and O–H groups in total. The van der Waals surface area contributed by atoms with Gasteiger partial charge in [-0.2, -0.15) is 0 Å². The van der Waals surface area contributed by atoms with Gasteiger partial charge in [0, 0.05) is 6.92 Å². The van der Waals surface area contributed by atoms with E-state index in [1.165, 1.54) is 392 Å². The third kappa shape index (κ3) is 257. The molecule has 0 rings (SSSR count). The largest absolute Gasteiger partial charge is 0.466 e. The Morgan fingerprint density at radius 3 is 0.233 bits per heavy atom. The van der Waals surface area contributed by atoms with Gasteiger partial charge in [-0.25, -0.2) is 0 Å². The molecule has 0 bridgehead atoms.